The quantitative estimate of drug-likeness (QED) is 0.554. The number of nitrogens with zero attached hydrogens (tertiary/aromatic N) is 3. The van der Waals surface area contributed by atoms with Gasteiger partial charge in [-0.15, -0.1) is 0 Å². The zero-order chi connectivity index (χ0) is 17.6. The van der Waals surface area contributed by atoms with Crippen LogP contribution in [-0.2, 0) is 6.54 Å². The van der Waals surface area contributed by atoms with E-state index in [-0.39, 0.29) is 5.56 Å². The van der Waals surface area contributed by atoms with Crippen molar-refractivity contribution in [3.8, 4) is 5.75 Å². The average Bonchev–Trinajstić information content (AvgIpc) is 2.64. The number of aromatic nitrogens is 2. The summed E-state index contributed by atoms with van der Waals surface area (Å²) in [6, 6.07) is 14.9. The molecule has 25 heavy (non-hydrogen) atoms. The largest absolute Gasteiger partial charge is 0.493 e. The lowest BCUT2D eigenvalue weighted by molar-refractivity contribution is 0.340. The Bertz CT molecular complexity index is 963. The second-order valence-electron chi connectivity index (χ2n) is 5.34. The summed E-state index contributed by atoms with van der Waals surface area (Å²) < 4.78 is 7.14. The van der Waals surface area contributed by atoms with E-state index in [0.29, 0.717) is 30.0 Å². The van der Waals surface area contributed by atoms with E-state index in [1.165, 1.54) is 0 Å². The van der Waals surface area contributed by atoms with Crippen molar-refractivity contribution in [2.45, 2.75) is 20.4 Å². The molecule has 1 heterocycles. The smallest absolute Gasteiger partial charge is 0.262 e. The lowest BCUT2D eigenvalue weighted by atomic mass is 10.2. The summed E-state index contributed by atoms with van der Waals surface area (Å²) in [5.74, 6) is 1.17. The summed E-state index contributed by atoms with van der Waals surface area (Å²) in [7, 11) is 0. The molecule has 0 atom stereocenters. The third-order valence-electron chi connectivity index (χ3n) is 3.76. The number of para-hydroxylation sites is 2. The first-order valence-corrected chi connectivity index (χ1v) is 8.25. The van der Waals surface area contributed by atoms with Gasteiger partial charge in [-0.3, -0.25) is 9.36 Å². The topological polar surface area (TPSA) is 68.5 Å². The van der Waals surface area contributed by atoms with Crippen LogP contribution in [0.15, 0.2) is 58.4 Å². The Hall–Kier alpha value is -3.15. The van der Waals surface area contributed by atoms with Crippen LogP contribution in [0.4, 0.5) is 5.95 Å². The highest BCUT2D eigenvalue weighted by Gasteiger charge is 2.08. The van der Waals surface area contributed by atoms with Crippen LogP contribution in [-0.4, -0.2) is 22.4 Å². The summed E-state index contributed by atoms with van der Waals surface area (Å²) in [6.07, 6.45) is 1.66. The molecule has 1 aromatic heterocycles. The lowest BCUT2D eigenvalue weighted by Gasteiger charge is -2.10. The minimum absolute atomic E-state index is 0.0829. The van der Waals surface area contributed by atoms with E-state index >= 15 is 0 Å². The number of hydrogen-bond acceptors (Lipinski definition) is 5. The molecule has 3 aromatic rings. The van der Waals surface area contributed by atoms with Gasteiger partial charge >= 0.3 is 0 Å². The van der Waals surface area contributed by atoms with Gasteiger partial charge in [0.2, 0.25) is 5.95 Å². The van der Waals surface area contributed by atoms with E-state index in [4.69, 9.17) is 4.74 Å². The van der Waals surface area contributed by atoms with E-state index < -0.39 is 0 Å². The van der Waals surface area contributed by atoms with Gasteiger partial charge in [0.1, 0.15) is 5.75 Å². The van der Waals surface area contributed by atoms with Crippen LogP contribution in [0, 0.1) is 0 Å². The molecule has 0 aliphatic carbocycles. The predicted molar refractivity (Wildman–Crippen MR) is 101 cm³/mol. The normalized spacial score (nSPS) is 11.1. The maximum Gasteiger partial charge on any atom is 0.262 e. The van der Waals surface area contributed by atoms with E-state index in [9.17, 15) is 4.79 Å². The average molecular weight is 336 g/mol. The molecule has 1 N–H and O–H groups in total. The molecule has 2 aromatic carbocycles. The first-order chi connectivity index (χ1) is 12.2. The Morgan fingerprint density at radius 2 is 1.92 bits per heavy atom. The number of benzene rings is 2. The molecule has 0 amide bonds. The molecule has 0 spiro atoms. The molecule has 0 bridgehead atoms. The third-order valence-corrected chi connectivity index (χ3v) is 3.76. The van der Waals surface area contributed by atoms with Crippen molar-refractivity contribution in [2.24, 2.45) is 5.10 Å². The number of fused-ring (bicyclic) bond motifs is 1. The fraction of sp³-hybridized carbons (Fsp3) is 0.211. The lowest BCUT2D eigenvalue weighted by Crippen LogP contribution is -2.23. The maximum atomic E-state index is 12.6. The molecule has 0 aliphatic heterocycles. The minimum atomic E-state index is -0.0829. The summed E-state index contributed by atoms with van der Waals surface area (Å²) in [5, 5.41) is 4.83. The summed E-state index contributed by atoms with van der Waals surface area (Å²) in [6.45, 7) is 4.92. The van der Waals surface area contributed by atoms with Crippen molar-refractivity contribution < 1.29 is 4.74 Å². The van der Waals surface area contributed by atoms with Crippen molar-refractivity contribution in [1.29, 1.82) is 0 Å². The van der Waals surface area contributed by atoms with Crippen LogP contribution >= 0.6 is 0 Å². The number of ether oxygens (including phenoxy) is 1. The van der Waals surface area contributed by atoms with Crippen LogP contribution in [0.2, 0.25) is 0 Å². The van der Waals surface area contributed by atoms with Crippen molar-refractivity contribution in [1.82, 2.24) is 9.55 Å². The highest BCUT2D eigenvalue weighted by molar-refractivity contribution is 5.84. The number of hydrazone groups is 1. The first-order valence-electron chi connectivity index (χ1n) is 8.25. The van der Waals surface area contributed by atoms with Crippen LogP contribution in [0.5, 0.6) is 5.75 Å². The van der Waals surface area contributed by atoms with Gasteiger partial charge in [-0.25, -0.2) is 10.4 Å². The molecule has 0 saturated carbocycles. The summed E-state index contributed by atoms with van der Waals surface area (Å²) in [4.78, 5) is 17.1. The monoisotopic (exact) mass is 336 g/mol. The predicted octanol–water partition coefficient (Wildman–Crippen LogP) is 3.26. The third kappa shape index (κ3) is 3.52. The SMILES string of the molecule is CCOc1ccccc1/C=N\Nc1nc2ccccc2c(=O)n1CC. The molecule has 0 unspecified atom stereocenters. The minimum Gasteiger partial charge on any atom is -0.493 e. The Labute approximate surface area is 145 Å². The summed E-state index contributed by atoms with van der Waals surface area (Å²) >= 11 is 0. The molecule has 0 aliphatic rings. The van der Waals surface area contributed by atoms with E-state index in [1.807, 2.05) is 56.3 Å². The van der Waals surface area contributed by atoms with Crippen molar-refractivity contribution in [2.75, 3.05) is 12.0 Å². The fourth-order valence-corrected chi connectivity index (χ4v) is 2.58. The summed E-state index contributed by atoms with van der Waals surface area (Å²) in [5.41, 5.74) is 4.29. The molecule has 0 radical (unpaired) electrons. The Kier molecular flexibility index (Phi) is 5.09. The van der Waals surface area contributed by atoms with Crippen molar-refractivity contribution >= 4 is 23.1 Å². The van der Waals surface area contributed by atoms with Gasteiger partial charge in [0.05, 0.1) is 23.7 Å². The van der Waals surface area contributed by atoms with Gasteiger partial charge in [-0.2, -0.15) is 5.10 Å². The van der Waals surface area contributed by atoms with Crippen molar-refractivity contribution in [3.05, 3.63) is 64.4 Å². The van der Waals surface area contributed by atoms with Gasteiger partial charge in [-0.1, -0.05) is 24.3 Å². The van der Waals surface area contributed by atoms with Gasteiger partial charge in [-0.05, 0) is 38.1 Å². The van der Waals surface area contributed by atoms with Crippen LogP contribution in [0.25, 0.3) is 10.9 Å². The number of hydrogen-bond donors (Lipinski definition) is 1. The zero-order valence-corrected chi connectivity index (χ0v) is 14.3. The molecule has 6 nitrogen and oxygen atoms in total. The van der Waals surface area contributed by atoms with Crippen LogP contribution in [0.1, 0.15) is 19.4 Å². The molecule has 0 fully saturated rings. The van der Waals surface area contributed by atoms with Gasteiger partial charge < -0.3 is 4.74 Å². The first kappa shape index (κ1) is 16.7. The van der Waals surface area contributed by atoms with E-state index in [0.717, 1.165) is 11.3 Å². The van der Waals surface area contributed by atoms with E-state index in [2.05, 4.69) is 15.5 Å². The number of anilines is 1. The van der Waals surface area contributed by atoms with Gasteiger partial charge in [0, 0.05) is 12.1 Å². The Morgan fingerprint density at radius 3 is 2.72 bits per heavy atom. The highest BCUT2D eigenvalue weighted by Crippen LogP contribution is 2.16. The molecular weight excluding hydrogens is 316 g/mol. The van der Waals surface area contributed by atoms with Gasteiger partial charge in [0.15, 0.2) is 0 Å². The standard InChI is InChI=1S/C19H20N4O2/c1-3-23-18(24)15-10-6-7-11-16(15)21-19(23)22-20-13-14-9-5-8-12-17(14)25-4-2/h5-13H,3-4H2,1-2H3,(H,21,22)/b20-13-. The molecule has 6 heteroatoms. The van der Waals surface area contributed by atoms with Crippen LogP contribution in [0.3, 0.4) is 0 Å². The van der Waals surface area contributed by atoms with E-state index in [1.54, 1.807) is 16.8 Å². The molecule has 128 valence electrons. The van der Waals surface area contributed by atoms with Crippen molar-refractivity contribution in [3.63, 3.8) is 0 Å². The molecule has 0 saturated heterocycles. The maximum absolute atomic E-state index is 12.6. The molecular formula is C19H20N4O2. The Morgan fingerprint density at radius 1 is 1.16 bits per heavy atom. The zero-order valence-electron chi connectivity index (χ0n) is 14.3. The highest BCUT2D eigenvalue weighted by atomic mass is 16.5. The van der Waals surface area contributed by atoms with Crippen LogP contribution < -0.4 is 15.7 Å². The fourth-order valence-electron chi connectivity index (χ4n) is 2.58. The second-order valence-corrected chi connectivity index (χ2v) is 5.34. The second kappa shape index (κ2) is 7.61. The van der Waals surface area contributed by atoms with Gasteiger partial charge in [0.25, 0.3) is 5.56 Å². The Balaban J connectivity index is 1.92. The number of nitrogens with one attached hydrogen (secondary N) is 1. The molecule has 3 rings (SSSR count). The number of rotatable bonds is 6.